The van der Waals surface area contributed by atoms with E-state index >= 15 is 0 Å². The van der Waals surface area contributed by atoms with Crippen molar-refractivity contribution in [2.45, 2.75) is 37.8 Å². The topological polar surface area (TPSA) is 137 Å². The molecule has 1 N–H and O–H groups in total. The first-order valence-electron chi connectivity index (χ1n) is 17.9. The summed E-state index contributed by atoms with van der Waals surface area (Å²) in [6, 6.07) is 22.3. The van der Waals surface area contributed by atoms with E-state index in [9.17, 15) is 14.4 Å². The number of hydrogen-bond acceptors (Lipinski definition) is 11. The Morgan fingerprint density at radius 2 is 1.41 bits per heavy atom. The average molecular weight is 736 g/mol. The van der Waals surface area contributed by atoms with E-state index < -0.39 is 47.9 Å². The van der Waals surface area contributed by atoms with Crippen LogP contribution in [0.5, 0.6) is 28.7 Å². The quantitative estimate of drug-likeness (QED) is 0.141. The molecule has 2 aliphatic heterocycles. The number of amides is 1. The largest absolute Gasteiger partial charge is 0.493 e. The minimum absolute atomic E-state index is 0.0163. The number of benzene rings is 4. The van der Waals surface area contributed by atoms with Crippen LogP contribution in [0.25, 0.3) is 11.1 Å². The van der Waals surface area contributed by atoms with E-state index in [1.807, 2.05) is 68.4 Å². The Labute approximate surface area is 312 Å². The van der Waals surface area contributed by atoms with Gasteiger partial charge in [0.05, 0.1) is 33.9 Å². The molecule has 280 valence electrons. The Bertz CT molecular complexity index is 2060. The molecule has 2 aliphatic carbocycles. The maximum Gasteiger partial charge on any atom is 0.407 e. The third-order valence-electron chi connectivity index (χ3n) is 10.9. The van der Waals surface area contributed by atoms with Crippen LogP contribution >= 0.6 is 0 Å². The molecule has 0 bridgehead atoms. The zero-order valence-electron chi connectivity index (χ0n) is 30.6. The molecule has 54 heavy (non-hydrogen) atoms. The Morgan fingerprint density at radius 3 is 2.00 bits per heavy atom. The number of carbonyl (C=O) groups excluding carboxylic acids is 3. The van der Waals surface area contributed by atoms with Crippen molar-refractivity contribution in [1.29, 1.82) is 0 Å². The number of alkyl carbamates (subject to hydrolysis) is 1. The van der Waals surface area contributed by atoms with Crippen LogP contribution in [0.2, 0.25) is 0 Å². The van der Waals surface area contributed by atoms with Crippen molar-refractivity contribution >= 4 is 18.0 Å². The molecule has 12 heteroatoms. The SMILES string of the molecule is COc1cc([C@@H]2c3cc4c(cc3[C@H](OC(=O)[C@H](NC(=O)OCC3c5ccccc5-c5ccccc53)C(C)C)[C@H]3COC(=O)[C@@H]23)OCO4)cc(OC)c1OC. The third-order valence-corrected chi connectivity index (χ3v) is 10.9. The molecule has 1 saturated heterocycles. The lowest BCUT2D eigenvalue weighted by Gasteiger charge is -2.39. The first-order chi connectivity index (χ1) is 26.2. The van der Waals surface area contributed by atoms with Crippen molar-refractivity contribution in [3.8, 4) is 39.9 Å². The van der Waals surface area contributed by atoms with E-state index in [4.69, 9.17) is 37.9 Å². The third kappa shape index (κ3) is 5.89. The first-order valence-corrected chi connectivity index (χ1v) is 17.9. The molecule has 0 aromatic heterocycles. The fourth-order valence-corrected chi connectivity index (χ4v) is 8.41. The summed E-state index contributed by atoms with van der Waals surface area (Å²) in [5, 5.41) is 2.76. The van der Waals surface area contributed by atoms with E-state index in [1.165, 1.54) is 21.3 Å². The summed E-state index contributed by atoms with van der Waals surface area (Å²) in [5.74, 6) is -1.24. The molecule has 0 radical (unpaired) electrons. The van der Waals surface area contributed by atoms with E-state index in [2.05, 4.69) is 17.4 Å². The summed E-state index contributed by atoms with van der Waals surface area (Å²) in [4.78, 5) is 41.2. The van der Waals surface area contributed by atoms with Crippen molar-refractivity contribution in [3.63, 3.8) is 0 Å². The Morgan fingerprint density at radius 1 is 0.796 bits per heavy atom. The highest BCUT2D eigenvalue weighted by molar-refractivity contribution is 5.83. The Balaban J connectivity index is 1.08. The fourth-order valence-electron chi connectivity index (χ4n) is 8.41. The van der Waals surface area contributed by atoms with Crippen LogP contribution in [-0.4, -0.2) is 65.4 Å². The van der Waals surface area contributed by atoms with Crippen LogP contribution in [0, 0.1) is 17.8 Å². The Kier molecular flexibility index (Phi) is 9.21. The van der Waals surface area contributed by atoms with Gasteiger partial charge in [0.2, 0.25) is 12.5 Å². The highest BCUT2D eigenvalue weighted by atomic mass is 16.7. The summed E-state index contributed by atoms with van der Waals surface area (Å²) < 4.78 is 46.2. The molecule has 0 saturated carbocycles. The van der Waals surface area contributed by atoms with Gasteiger partial charge >= 0.3 is 18.0 Å². The van der Waals surface area contributed by atoms with Crippen LogP contribution in [0.1, 0.15) is 59.6 Å². The van der Waals surface area contributed by atoms with Gasteiger partial charge in [-0.2, -0.15) is 0 Å². The molecule has 1 amide bonds. The zero-order valence-corrected chi connectivity index (χ0v) is 30.6. The number of rotatable bonds is 10. The van der Waals surface area contributed by atoms with Crippen LogP contribution in [0.4, 0.5) is 4.79 Å². The van der Waals surface area contributed by atoms with Crippen LogP contribution in [-0.2, 0) is 23.8 Å². The highest BCUT2D eigenvalue weighted by Crippen LogP contribution is 2.56. The molecule has 0 spiro atoms. The van der Waals surface area contributed by atoms with Gasteiger partial charge in [-0.3, -0.25) is 4.79 Å². The number of ether oxygens (including phenoxy) is 8. The van der Waals surface area contributed by atoms with Crippen molar-refractivity contribution in [1.82, 2.24) is 5.32 Å². The second-order valence-corrected chi connectivity index (χ2v) is 14.1. The van der Waals surface area contributed by atoms with Crippen molar-refractivity contribution in [3.05, 3.63) is 101 Å². The van der Waals surface area contributed by atoms with Gasteiger partial charge in [0.1, 0.15) is 18.8 Å². The lowest BCUT2D eigenvalue weighted by molar-refractivity contribution is -0.158. The van der Waals surface area contributed by atoms with Crippen LogP contribution < -0.4 is 29.0 Å². The molecular weight excluding hydrogens is 694 g/mol. The van der Waals surface area contributed by atoms with E-state index in [0.29, 0.717) is 45.4 Å². The highest BCUT2D eigenvalue weighted by Gasteiger charge is 2.54. The lowest BCUT2D eigenvalue weighted by atomic mass is 9.66. The van der Waals surface area contributed by atoms with Gasteiger partial charge in [0.15, 0.2) is 23.0 Å². The van der Waals surface area contributed by atoms with Gasteiger partial charge in [-0.1, -0.05) is 62.4 Å². The number of cyclic esters (lactones) is 1. The summed E-state index contributed by atoms with van der Waals surface area (Å²) in [5.41, 5.74) is 6.42. The lowest BCUT2D eigenvalue weighted by Crippen LogP contribution is -2.47. The molecular formula is C42H41NO11. The van der Waals surface area contributed by atoms with Crippen molar-refractivity contribution in [2.75, 3.05) is 41.3 Å². The van der Waals surface area contributed by atoms with Crippen LogP contribution in [0.15, 0.2) is 72.8 Å². The Hall–Kier alpha value is -5.91. The predicted molar refractivity (Wildman–Crippen MR) is 194 cm³/mol. The summed E-state index contributed by atoms with van der Waals surface area (Å²) in [6.45, 7) is 3.75. The van der Waals surface area contributed by atoms with E-state index in [1.54, 1.807) is 6.07 Å². The second kappa shape index (κ2) is 14.1. The number of nitrogens with one attached hydrogen (secondary N) is 1. The maximum absolute atomic E-state index is 14.2. The van der Waals surface area contributed by atoms with Gasteiger partial charge in [-0.05, 0) is 63.6 Å². The molecule has 1 fully saturated rings. The normalized spacial score (nSPS) is 20.9. The summed E-state index contributed by atoms with van der Waals surface area (Å²) >= 11 is 0. The van der Waals surface area contributed by atoms with E-state index in [-0.39, 0.29) is 31.8 Å². The van der Waals surface area contributed by atoms with E-state index in [0.717, 1.165) is 22.3 Å². The minimum Gasteiger partial charge on any atom is -0.493 e. The van der Waals surface area contributed by atoms with Gasteiger partial charge < -0.3 is 43.2 Å². The molecule has 4 aliphatic rings. The molecule has 4 aromatic rings. The number of fused-ring (bicyclic) bond motifs is 6. The molecule has 8 rings (SSSR count). The molecule has 2 heterocycles. The number of methoxy groups -OCH3 is 3. The monoisotopic (exact) mass is 735 g/mol. The second-order valence-electron chi connectivity index (χ2n) is 14.1. The van der Waals surface area contributed by atoms with Crippen molar-refractivity contribution in [2.24, 2.45) is 17.8 Å². The van der Waals surface area contributed by atoms with Gasteiger partial charge in [-0.15, -0.1) is 0 Å². The molecule has 12 nitrogen and oxygen atoms in total. The van der Waals surface area contributed by atoms with Gasteiger partial charge in [-0.25, -0.2) is 9.59 Å². The average Bonchev–Trinajstić information content (AvgIpc) is 3.90. The number of carbonyl (C=O) groups is 3. The summed E-state index contributed by atoms with van der Waals surface area (Å²) in [6.07, 6.45) is -1.65. The minimum atomic E-state index is -1.05. The smallest absolute Gasteiger partial charge is 0.407 e. The molecule has 4 aromatic carbocycles. The van der Waals surface area contributed by atoms with Crippen molar-refractivity contribution < 1.29 is 52.3 Å². The maximum atomic E-state index is 14.2. The number of esters is 2. The number of hydrogen-bond donors (Lipinski definition) is 1. The molecule has 0 unspecified atom stereocenters. The van der Waals surface area contributed by atoms with Gasteiger partial charge in [0.25, 0.3) is 0 Å². The fraction of sp³-hybridized carbons (Fsp3) is 0.357. The zero-order chi connectivity index (χ0) is 37.7. The predicted octanol–water partition coefficient (Wildman–Crippen LogP) is 6.52. The summed E-state index contributed by atoms with van der Waals surface area (Å²) in [7, 11) is 4.57. The van der Waals surface area contributed by atoms with Crippen LogP contribution in [0.3, 0.4) is 0 Å². The standard InChI is InChI=1S/C42H41NO11/c1-21(2)37(43-42(46)51-18-29-25-12-8-6-10-23(25)24-11-7-9-13-26(24)29)41(45)54-38-28-17-32-31(52-20-53-32)16-27(28)35(36-30(38)19-50-40(36)44)22-14-33(47-3)39(49-5)34(15-22)48-4/h6-17,21,29-30,35-38H,18-20H2,1-5H3,(H,43,46)/t30-,35+,36+,37+,38-/m0/s1. The first kappa shape index (κ1) is 35.1. The van der Waals surface area contributed by atoms with Gasteiger partial charge in [0, 0.05) is 23.3 Å². The molecule has 5 atom stereocenters.